The molecule has 0 saturated heterocycles. The van der Waals surface area contributed by atoms with Crippen LogP contribution in [-0.4, -0.2) is 23.1 Å². The molecule has 0 bridgehead atoms. The number of nitrogens with two attached hydrogens (primary N) is 1. The topological polar surface area (TPSA) is 55.0 Å². The molecule has 2 rings (SSSR count). The van der Waals surface area contributed by atoms with Gasteiger partial charge in [0.15, 0.2) is 0 Å². The Morgan fingerprint density at radius 2 is 2.13 bits per heavy atom. The summed E-state index contributed by atoms with van der Waals surface area (Å²) in [4.78, 5) is 11.5. The minimum absolute atomic E-state index is 0.340. The maximum absolute atomic E-state index is 5.68. The lowest BCUT2D eigenvalue weighted by molar-refractivity contribution is 0.746. The summed E-state index contributed by atoms with van der Waals surface area (Å²) in [6, 6.07) is 2.43. The standard InChI is InChI=1S/C10H14N4S/c1-6(2)14(3)8-7-4-5-15-9(7)13-10(11)12-8/h4-6H,1-3H3,(H2,11,12,13). The lowest BCUT2D eigenvalue weighted by Gasteiger charge is -2.23. The summed E-state index contributed by atoms with van der Waals surface area (Å²) in [7, 11) is 2.02. The smallest absolute Gasteiger partial charge is 0.223 e. The Kier molecular flexibility index (Phi) is 2.48. The molecule has 2 heterocycles. The minimum atomic E-state index is 0.340. The van der Waals surface area contributed by atoms with Gasteiger partial charge in [0.2, 0.25) is 5.95 Å². The molecule has 0 amide bonds. The molecule has 0 aliphatic heterocycles. The van der Waals surface area contributed by atoms with Crippen LogP contribution in [0.1, 0.15) is 13.8 Å². The monoisotopic (exact) mass is 222 g/mol. The van der Waals surface area contributed by atoms with Crippen molar-refractivity contribution in [2.45, 2.75) is 19.9 Å². The molecule has 15 heavy (non-hydrogen) atoms. The Morgan fingerprint density at radius 1 is 1.40 bits per heavy atom. The van der Waals surface area contributed by atoms with E-state index in [-0.39, 0.29) is 0 Å². The van der Waals surface area contributed by atoms with Crippen LogP contribution in [0, 0.1) is 0 Å². The summed E-state index contributed by atoms with van der Waals surface area (Å²) >= 11 is 1.59. The van der Waals surface area contributed by atoms with Crippen molar-refractivity contribution >= 4 is 33.3 Å². The predicted molar refractivity (Wildman–Crippen MR) is 65.4 cm³/mol. The largest absolute Gasteiger partial charge is 0.368 e. The number of nitrogen functional groups attached to an aromatic ring is 1. The number of aromatic nitrogens is 2. The van der Waals surface area contributed by atoms with Crippen LogP contribution in [-0.2, 0) is 0 Å². The molecule has 0 spiro atoms. The van der Waals surface area contributed by atoms with Crippen LogP contribution in [0.3, 0.4) is 0 Å². The molecule has 0 radical (unpaired) electrons. The van der Waals surface area contributed by atoms with Gasteiger partial charge in [0.05, 0.1) is 5.39 Å². The Bertz CT molecular complexity index is 477. The number of rotatable bonds is 2. The fourth-order valence-electron chi connectivity index (χ4n) is 1.37. The number of fused-ring (bicyclic) bond motifs is 1. The lowest BCUT2D eigenvalue weighted by atomic mass is 10.3. The zero-order chi connectivity index (χ0) is 11.0. The van der Waals surface area contributed by atoms with Crippen LogP contribution in [0.15, 0.2) is 11.4 Å². The first-order valence-electron chi connectivity index (χ1n) is 4.83. The summed E-state index contributed by atoms with van der Waals surface area (Å²) in [6.45, 7) is 4.24. The van der Waals surface area contributed by atoms with Gasteiger partial charge in [-0.15, -0.1) is 11.3 Å². The Balaban J connectivity index is 2.62. The van der Waals surface area contributed by atoms with E-state index < -0.39 is 0 Å². The highest BCUT2D eigenvalue weighted by Gasteiger charge is 2.13. The van der Waals surface area contributed by atoms with Crippen molar-refractivity contribution in [2.24, 2.45) is 0 Å². The van der Waals surface area contributed by atoms with Gasteiger partial charge in [-0.3, -0.25) is 0 Å². The highest BCUT2D eigenvalue weighted by molar-refractivity contribution is 7.16. The van der Waals surface area contributed by atoms with Gasteiger partial charge in [-0.25, -0.2) is 4.98 Å². The molecule has 4 nitrogen and oxygen atoms in total. The van der Waals surface area contributed by atoms with Gasteiger partial charge >= 0.3 is 0 Å². The van der Waals surface area contributed by atoms with Gasteiger partial charge in [-0.2, -0.15) is 4.98 Å². The van der Waals surface area contributed by atoms with E-state index in [1.54, 1.807) is 11.3 Å². The molecule has 0 saturated carbocycles. The number of hydrogen-bond donors (Lipinski definition) is 1. The molecule has 0 atom stereocenters. The van der Waals surface area contributed by atoms with Crippen molar-refractivity contribution in [3.05, 3.63) is 11.4 Å². The normalized spacial score (nSPS) is 11.2. The SMILES string of the molecule is CC(C)N(C)c1nc(N)nc2sccc12. The Morgan fingerprint density at radius 3 is 2.80 bits per heavy atom. The van der Waals surface area contributed by atoms with E-state index in [9.17, 15) is 0 Å². The first-order valence-corrected chi connectivity index (χ1v) is 5.71. The molecule has 5 heteroatoms. The molecular formula is C10H14N4S. The third-order valence-corrected chi connectivity index (χ3v) is 3.24. The Hall–Kier alpha value is -1.36. The first-order chi connectivity index (χ1) is 7.09. The molecule has 80 valence electrons. The van der Waals surface area contributed by atoms with Crippen LogP contribution >= 0.6 is 11.3 Å². The van der Waals surface area contributed by atoms with E-state index in [1.165, 1.54) is 0 Å². The van der Waals surface area contributed by atoms with Crippen LogP contribution in [0.25, 0.3) is 10.2 Å². The third-order valence-electron chi connectivity index (χ3n) is 2.43. The number of anilines is 2. The predicted octanol–water partition coefficient (Wildman–Crippen LogP) is 2.12. The average Bonchev–Trinajstić information content (AvgIpc) is 2.62. The third kappa shape index (κ3) is 1.74. The van der Waals surface area contributed by atoms with E-state index in [0.29, 0.717) is 12.0 Å². The lowest BCUT2D eigenvalue weighted by Crippen LogP contribution is -2.27. The van der Waals surface area contributed by atoms with Gasteiger partial charge in [0.1, 0.15) is 10.6 Å². The highest BCUT2D eigenvalue weighted by atomic mass is 32.1. The maximum atomic E-state index is 5.68. The Labute approximate surface area is 92.8 Å². The number of thiophene rings is 1. The van der Waals surface area contributed by atoms with Crippen molar-refractivity contribution in [2.75, 3.05) is 17.7 Å². The van der Waals surface area contributed by atoms with Crippen molar-refractivity contribution in [3.8, 4) is 0 Å². The molecule has 2 N–H and O–H groups in total. The molecule has 2 aromatic rings. The van der Waals surface area contributed by atoms with Gasteiger partial charge in [0, 0.05) is 13.1 Å². The zero-order valence-electron chi connectivity index (χ0n) is 9.06. The summed E-state index contributed by atoms with van der Waals surface area (Å²) in [5.41, 5.74) is 5.68. The first kappa shape index (κ1) is 10.2. The quantitative estimate of drug-likeness (QED) is 0.845. The van der Waals surface area contributed by atoms with E-state index in [0.717, 1.165) is 16.0 Å². The van der Waals surface area contributed by atoms with Crippen molar-refractivity contribution < 1.29 is 0 Å². The van der Waals surface area contributed by atoms with Crippen LogP contribution < -0.4 is 10.6 Å². The van der Waals surface area contributed by atoms with Gasteiger partial charge in [-0.1, -0.05) is 0 Å². The van der Waals surface area contributed by atoms with Crippen molar-refractivity contribution in [3.63, 3.8) is 0 Å². The van der Waals surface area contributed by atoms with Gasteiger partial charge < -0.3 is 10.6 Å². The maximum Gasteiger partial charge on any atom is 0.223 e. The van der Waals surface area contributed by atoms with Crippen LogP contribution in [0.4, 0.5) is 11.8 Å². The molecule has 0 unspecified atom stereocenters. The summed E-state index contributed by atoms with van der Waals surface area (Å²) in [5, 5.41) is 3.08. The van der Waals surface area contributed by atoms with Crippen LogP contribution in [0.2, 0.25) is 0 Å². The van der Waals surface area contributed by atoms with Crippen molar-refractivity contribution in [1.82, 2.24) is 9.97 Å². The second-order valence-electron chi connectivity index (χ2n) is 3.75. The molecule has 0 fully saturated rings. The van der Waals surface area contributed by atoms with E-state index in [1.807, 2.05) is 18.5 Å². The van der Waals surface area contributed by atoms with Crippen molar-refractivity contribution in [1.29, 1.82) is 0 Å². The molecule has 2 aromatic heterocycles. The molecular weight excluding hydrogens is 208 g/mol. The van der Waals surface area contributed by atoms with E-state index in [2.05, 4.69) is 28.7 Å². The van der Waals surface area contributed by atoms with Crippen LogP contribution in [0.5, 0.6) is 0 Å². The second-order valence-corrected chi connectivity index (χ2v) is 4.64. The summed E-state index contributed by atoms with van der Waals surface area (Å²) in [6.07, 6.45) is 0. The van der Waals surface area contributed by atoms with Gasteiger partial charge in [0.25, 0.3) is 0 Å². The molecule has 0 aliphatic carbocycles. The minimum Gasteiger partial charge on any atom is -0.368 e. The molecule has 0 aromatic carbocycles. The van der Waals surface area contributed by atoms with E-state index >= 15 is 0 Å². The fraction of sp³-hybridized carbons (Fsp3) is 0.400. The summed E-state index contributed by atoms with van der Waals surface area (Å²) in [5.74, 6) is 1.25. The van der Waals surface area contributed by atoms with Gasteiger partial charge in [-0.05, 0) is 25.3 Å². The average molecular weight is 222 g/mol. The number of nitrogens with zero attached hydrogens (tertiary/aromatic N) is 3. The molecule has 0 aliphatic rings. The fourth-order valence-corrected chi connectivity index (χ4v) is 2.13. The van der Waals surface area contributed by atoms with E-state index in [4.69, 9.17) is 5.73 Å². The highest BCUT2D eigenvalue weighted by Crippen LogP contribution is 2.28. The zero-order valence-corrected chi connectivity index (χ0v) is 9.88. The summed E-state index contributed by atoms with van der Waals surface area (Å²) < 4.78 is 0. The second kappa shape index (κ2) is 3.66. The number of hydrogen-bond acceptors (Lipinski definition) is 5.